The summed E-state index contributed by atoms with van der Waals surface area (Å²) in [5.41, 5.74) is 5.96. The monoisotopic (exact) mass is 253 g/mol. The number of aliphatic hydroxyl groups is 1. The van der Waals surface area contributed by atoms with Crippen LogP contribution in [0.3, 0.4) is 0 Å². The number of aliphatic imine (C=N–C) groups is 1. The minimum atomic E-state index is -0.526. The van der Waals surface area contributed by atoms with E-state index in [0.717, 1.165) is 0 Å². The maximum atomic E-state index is 10.7. The van der Waals surface area contributed by atoms with Gasteiger partial charge in [0.2, 0.25) is 0 Å². The second-order valence-corrected chi connectivity index (χ2v) is 3.71. The Morgan fingerprint density at radius 3 is 2.78 bits per heavy atom. The molecular formula is C12H19N3O3. The van der Waals surface area contributed by atoms with Crippen molar-refractivity contribution in [3.05, 3.63) is 45.8 Å². The van der Waals surface area contributed by atoms with Crippen molar-refractivity contribution in [1.82, 2.24) is 0 Å². The number of nitrogens with two attached hydrogens (primary N) is 1. The van der Waals surface area contributed by atoms with Gasteiger partial charge in [0.15, 0.2) is 0 Å². The Kier molecular flexibility index (Phi) is 8.34. The van der Waals surface area contributed by atoms with Crippen LogP contribution in [-0.2, 0) is 0 Å². The molecule has 0 aromatic heterocycles. The molecule has 0 amide bonds. The van der Waals surface area contributed by atoms with Crippen LogP contribution < -0.4 is 5.73 Å². The molecule has 0 saturated heterocycles. The van der Waals surface area contributed by atoms with Crippen LogP contribution in [0.4, 0.5) is 0 Å². The summed E-state index contributed by atoms with van der Waals surface area (Å²) < 4.78 is 0. The number of allylic oxidation sites excluding steroid dienone is 4. The molecule has 0 saturated carbocycles. The lowest BCUT2D eigenvalue weighted by atomic mass is 10.3. The fraction of sp³-hybridized carbons (Fsp3) is 0.417. The molecule has 0 heterocycles. The van der Waals surface area contributed by atoms with E-state index < -0.39 is 11.0 Å². The highest BCUT2D eigenvalue weighted by Crippen LogP contribution is 1.99. The topological polar surface area (TPSA) is 102 Å². The lowest BCUT2D eigenvalue weighted by Crippen LogP contribution is -2.14. The van der Waals surface area contributed by atoms with Gasteiger partial charge >= 0.3 is 0 Å². The van der Waals surface area contributed by atoms with Crippen LogP contribution in [0.15, 0.2) is 40.7 Å². The number of hydrogen-bond donors (Lipinski definition) is 2. The van der Waals surface area contributed by atoms with E-state index in [1.165, 1.54) is 12.3 Å². The second kappa shape index (κ2) is 9.26. The highest BCUT2D eigenvalue weighted by atomic mass is 16.6. The zero-order chi connectivity index (χ0) is 14.0. The van der Waals surface area contributed by atoms with E-state index in [1.807, 2.05) is 0 Å². The van der Waals surface area contributed by atoms with Crippen molar-refractivity contribution in [3.63, 3.8) is 0 Å². The molecule has 6 heteroatoms. The lowest BCUT2D eigenvalue weighted by molar-refractivity contribution is -0.414. The highest BCUT2D eigenvalue weighted by molar-refractivity contribution is 5.76. The van der Waals surface area contributed by atoms with Crippen LogP contribution in [0.2, 0.25) is 0 Å². The predicted molar refractivity (Wildman–Crippen MR) is 71.8 cm³/mol. The van der Waals surface area contributed by atoms with E-state index in [0.29, 0.717) is 12.1 Å². The molecular weight excluding hydrogens is 234 g/mol. The summed E-state index contributed by atoms with van der Waals surface area (Å²) in [6.07, 6.45) is 8.30. The fourth-order valence-corrected chi connectivity index (χ4v) is 1.01. The Hall–Kier alpha value is -1.79. The van der Waals surface area contributed by atoms with E-state index in [2.05, 4.69) is 4.99 Å². The van der Waals surface area contributed by atoms with Crippen LogP contribution in [-0.4, -0.2) is 28.9 Å². The summed E-state index contributed by atoms with van der Waals surface area (Å²) >= 11 is 0. The third-order valence-corrected chi connectivity index (χ3v) is 1.81. The van der Waals surface area contributed by atoms with Gasteiger partial charge in [-0.15, -0.1) is 0 Å². The fourth-order valence-electron chi connectivity index (χ4n) is 1.01. The first kappa shape index (κ1) is 16.2. The van der Waals surface area contributed by atoms with Gasteiger partial charge in [-0.1, -0.05) is 12.2 Å². The molecule has 0 fully saturated rings. The summed E-state index contributed by atoms with van der Waals surface area (Å²) in [6, 6.07) is -0.398. The zero-order valence-electron chi connectivity index (χ0n) is 10.6. The van der Waals surface area contributed by atoms with Gasteiger partial charge in [-0.3, -0.25) is 15.1 Å². The quantitative estimate of drug-likeness (QED) is 0.310. The normalized spacial score (nSPS) is 15.6. The second-order valence-electron chi connectivity index (χ2n) is 3.71. The molecule has 6 nitrogen and oxygen atoms in total. The van der Waals surface area contributed by atoms with Gasteiger partial charge in [-0.25, -0.2) is 0 Å². The Balaban J connectivity index is 4.64. The predicted octanol–water partition coefficient (Wildman–Crippen LogP) is 1.41. The van der Waals surface area contributed by atoms with Gasteiger partial charge in [0.25, 0.3) is 5.70 Å². The first-order valence-electron chi connectivity index (χ1n) is 5.57. The molecule has 0 aliphatic heterocycles. The van der Waals surface area contributed by atoms with Crippen LogP contribution in [0.5, 0.6) is 0 Å². The van der Waals surface area contributed by atoms with E-state index in [-0.39, 0.29) is 12.3 Å². The van der Waals surface area contributed by atoms with Crippen molar-refractivity contribution in [2.24, 2.45) is 10.7 Å². The van der Waals surface area contributed by atoms with Crippen molar-refractivity contribution in [1.29, 1.82) is 0 Å². The number of nitrogens with zero attached hydrogens (tertiary/aromatic N) is 2. The molecule has 0 aliphatic rings. The maximum Gasteiger partial charge on any atom is 0.285 e. The number of nitro groups is 1. The summed E-state index contributed by atoms with van der Waals surface area (Å²) in [4.78, 5) is 14.1. The molecule has 3 N–H and O–H groups in total. The SMILES string of the molecule is CC(=C\C=C/CCO)/N=C\C(=CC(C)N)[N+](=O)[O-]. The highest BCUT2D eigenvalue weighted by Gasteiger charge is 2.07. The van der Waals surface area contributed by atoms with Gasteiger partial charge in [0.05, 0.1) is 4.92 Å². The first-order chi connectivity index (χ1) is 8.47. The number of rotatable bonds is 7. The van der Waals surface area contributed by atoms with Crippen LogP contribution in [0.1, 0.15) is 20.3 Å². The summed E-state index contributed by atoms with van der Waals surface area (Å²) in [5.74, 6) is 0. The van der Waals surface area contributed by atoms with E-state index in [9.17, 15) is 10.1 Å². The molecule has 0 radical (unpaired) electrons. The van der Waals surface area contributed by atoms with E-state index in [4.69, 9.17) is 10.8 Å². The van der Waals surface area contributed by atoms with Gasteiger partial charge in [-0.05, 0) is 26.3 Å². The Morgan fingerprint density at radius 1 is 1.61 bits per heavy atom. The first-order valence-corrected chi connectivity index (χ1v) is 5.57. The molecule has 18 heavy (non-hydrogen) atoms. The Morgan fingerprint density at radius 2 is 2.28 bits per heavy atom. The Bertz CT molecular complexity index is 382. The molecule has 100 valence electrons. The average molecular weight is 253 g/mol. The zero-order valence-corrected chi connectivity index (χ0v) is 10.6. The molecule has 0 spiro atoms. The van der Waals surface area contributed by atoms with Crippen molar-refractivity contribution in [2.45, 2.75) is 26.3 Å². The van der Waals surface area contributed by atoms with Crippen LogP contribution in [0.25, 0.3) is 0 Å². The molecule has 0 rings (SSSR count). The van der Waals surface area contributed by atoms with Gasteiger partial charge in [-0.2, -0.15) is 0 Å². The molecule has 1 atom stereocenters. The molecule has 0 aromatic rings. The number of aliphatic hydroxyl groups excluding tert-OH is 1. The van der Waals surface area contributed by atoms with Gasteiger partial charge in [0, 0.05) is 24.4 Å². The van der Waals surface area contributed by atoms with Gasteiger partial charge in [0.1, 0.15) is 6.21 Å². The maximum absolute atomic E-state index is 10.7. The van der Waals surface area contributed by atoms with Crippen LogP contribution >= 0.6 is 0 Å². The Labute approximate surface area is 106 Å². The standard InChI is InChI=1S/C12H19N3O3/c1-10(13)8-12(15(17)18)9-14-11(2)6-4-3-5-7-16/h3-4,6,8-10,16H,5,7,13H2,1-2H3/b4-3-,11-6+,12-8?,14-9-. The van der Waals surface area contributed by atoms with Gasteiger partial charge < -0.3 is 10.8 Å². The molecule has 0 aromatic carbocycles. The average Bonchev–Trinajstić information content (AvgIpc) is 2.29. The van der Waals surface area contributed by atoms with Crippen LogP contribution in [0, 0.1) is 10.1 Å². The summed E-state index contributed by atoms with van der Waals surface area (Å²) in [5, 5.41) is 19.2. The summed E-state index contributed by atoms with van der Waals surface area (Å²) in [6.45, 7) is 3.47. The smallest absolute Gasteiger partial charge is 0.285 e. The third-order valence-electron chi connectivity index (χ3n) is 1.81. The largest absolute Gasteiger partial charge is 0.396 e. The third kappa shape index (κ3) is 8.37. The molecule has 1 unspecified atom stereocenters. The molecule has 0 aliphatic carbocycles. The number of hydrogen-bond acceptors (Lipinski definition) is 5. The van der Waals surface area contributed by atoms with Crippen molar-refractivity contribution in [2.75, 3.05) is 6.61 Å². The minimum Gasteiger partial charge on any atom is -0.396 e. The lowest BCUT2D eigenvalue weighted by Gasteiger charge is -1.95. The van der Waals surface area contributed by atoms with E-state index in [1.54, 1.807) is 32.1 Å². The van der Waals surface area contributed by atoms with E-state index >= 15 is 0 Å². The molecule has 0 bridgehead atoms. The van der Waals surface area contributed by atoms with Crippen molar-refractivity contribution >= 4 is 6.21 Å². The summed E-state index contributed by atoms with van der Waals surface area (Å²) in [7, 11) is 0. The van der Waals surface area contributed by atoms with Crippen molar-refractivity contribution in [3.8, 4) is 0 Å². The van der Waals surface area contributed by atoms with Crippen molar-refractivity contribution < 1.29 is 10.0 Å². The minimum absolute atomic E-state index is 0.0925.